The summed E-state index contributed by atoms with van der Waals surface area (Å²) in [6.45, 7) is 3.37. The summed E-state index contributed by atoms with van der Waals surface area (Å²) >= 11 is 6.05. The summed E-state index contributed by atoms with van der Waals surface area (Å²) in [6, 6.07) is 9.21. The molecular formula is C30H40ClN5O6S. The van der Waals surface area contributed by atoms with Crippen molar-refractivity contribution in [2.45, 2.75) is 55.1 Å². The monoisotopic (exact) mass is 633 g/mol. The number of ether oxygens (including phenoxy) is 1. The average Bonchev–Trinajstić information content (AvgIpc) is 3.64. The maximum absolute atomic E-state index is 13.4. The number of halogens is 1. The second-order valence-electron chi connectivity index (χ2n) is 11.8. The second kappa shape index (κ2) is 13.5. The quantitative estimate of drug-likeness (QED) is 0.425. The van der Waals surface area contributed by atoms with Crippen LogP contribution in [-0.2, 0) is 29.1 Å². The number of piperidine rings is 1. The predicted molar refractivity (Wildman–Crippen MR) is 163 cm³/mol. The summed E-state index contributed by atoms with van der Waals surface area (Å²) in [5.74, 6) is -0.533. The van der Waals surface area contributed by atoms with E-state index >= 15 is 0 Å². The highest BCUT2D eigenvalue weighted by molar-refractivity contribution is 7.89. The van der Waals surface area contributed by atoms with Gasteiger partial charge in [-0.1, -0.05) is 23.7 Å². The van der Waals surface area contributed by atoms with Crippen molar-refractivity contribution >= 4 is 50.1 Å². The van der Waals surface area contributed by atoms with E-state index in [0.29, 0.717) is 31.0 Å². The standard InChI is InChI=1S/C30H40ClN5O6S/c1-33(29(38)20-42-2)24-11-14-34(17-24)18-25-5-3-13-36(25)28(37)19-35-12-4-6-27(30(35)39)32-43(40,41)26-10-8-21-15-23(31)9-7-22(21)16-26/h7-10,15-16,24-25,27,32H,3-6,11-14,17-20H2,1-2H3. The second-order valence-corrected chi connectivity index (χ2v) is 13.9. The van der Waals surface area contributed by atoms with E-state index < -0.39 is 16.1 Å². The fourth-order valence-corrected chi connectivity index (χ4v) is 7.89. The first-order valence-corrected chi connectivity index (χ1v) is 16.7. The predicted octanol–water partition coefficient (Wildman–Crippen LogP) is 1.93. The Bertz CT molecular complexity index is 1470. The molecule has 234 valence electrons. The largest absolute Gasteiger partial charge is 0.375 e. The number of carbonyl (C=O) groups is 3. The smallest absolute Gasteiger partial charge is 0.248 e. The number of benzene rings is 2. The van der Waals surface area contributed by atoms with E-state index in [1.165, 1.54) is 18.1 Å². The Hall–Kier alpha value is -2.77. The van der Waals surface area contributed by atoms with Crippen LogP contribution in [0.25, 0.3) is 10.8 Å². The van der Waals surface area contributed by atoms with Crippen molar-refractivity contribution < 1.29 is 27.5 Å². The lowest BCUT2D eigenvalue weighted by Crippen LogP contribution is -2.55. The molecule has 43 heavy (non-hydrogen) atoms. The van der Waals surface area contributed by atoms with Crippen molar-refractivity contribution in [2.75, 3.05) is 60.0 Å². The molecule has 5 rings (SSSR count). The van der Waals surface area contributed by atoms with Crippen LogP contribution in [-0.4, -0.2) is 124 Å². The number of nitrogens with one attached hydrogen (secondary N) is 1. The van der Waals surface area contributed by atoms with E-state index in [0.717, 1.165) is 49.7 Å². The molecule has 0 spiro atoms. The van der Waals surface area contributed by atoms with Crippen LogP contribution in [0.2, 0.25) is 5.02 Å². The minimum atomic E-state index is -3.97. The van der Waals surface area contributed by atoms with E-state index in [4.69, 9.17) is 16.3 Å². The average molecular weight is 634 g/mol. The van der Waals surface area contributed by atoms with Gasteiger partial charge in [-0.15, -0.1) is 0 Å². The number of likely N-dealkylation sites (N-methyl/N-ethyl adjacent to an activating group) is 1. The first-order chi connectivity index (χ1) is 20.6. The summed E-state index contributed by atoms with van der Waals surface area (Å²) < 4.78 is 34.0. The van der Waals surface area contributed by atoms with Crippen LogP contribution in [0.5, 0.6) is 0 Å². The summed E-state index contributed by atoms with van der Waals surface area (Å²) in [5, 5.41) is 2.11. The summed E-state index contributed by atoms with van der Waals surface area (Å²) in [5.41, 5.74) is 0. The molecule has 13 heteroatoms. The maximum atomic E-state index is 13.4. The van der Waals surface area contributed by atoms with E-state index in [-0.39, 0.29) is 47.9 Å². The number of amides is 3. The van der Waals surface area contributed by atoms with Crippen molar-refractivity contribution in [3.63, 3.8) is 0 Å². The highest BCUT2D eigenvalue weighted by Gasteiger charge is 2.37. The minimum absolute atomic E-state index is 0.0403. The fraction of sp³-hybridized carbons (Fsp3) is 0.567. The molecule has 3 amide bonds. The zero-order chi connectivity index (χ0) is 30.7. The Morgan fingerprint density at radius 1 is 1.05 bits per heavy atom. The fourth-order valence-electron chi connectivity index (χ4n) is 6.45. The third-order valence-corrected chi connectivity index (χ3v) is 10.6. The zero-order valence-corrected chi connectivity index (χ0v) is 26.3. The van der Waals surface area contributed by atoms with Crippen LogP contribution in [0.1, 0.15) is 32.1 Å². The van der Waals surface area contributed by atoms with Crippen molar-refractivity contribution in [3.05, 3.63) is 41.4 Å². The van der Waals surface area contributed by atoms with Gasteiger partial charge in [-0.2, -0.15) is 4.72 Å². The maximum Gasteiger partial charge on any atom is 0.248 e. The highest BCUT2D eigenvalue weighted by Crippen LogP contribution is 2.25. The number of nitrogens with zero attached hydrogens (tertiary/aromatic N) is 4. The van der Waals surface area contributed by atoms with E-state index in [1.807, 2.05) is 11.9 Å². The van der Waals surface area contributed by atoms with Gasteiger partial charge in [-0.3, -0.25) is 19.3 Å². The van der Waals surface area contributed by atoms with Gasteiger partial charge >= 0.3 is 0 Å². The van der Waals surface area contributed by atoms with Gasteiger partial charge in [0.05, 0.1) is 11.4 Å². The van der Waals surface area contributed by atoms with Gasteiger partial charge in [0.25, 0.3) is 0 Å². The molecule has 3 atom stereocenters. The lowest BCUT2D eigenvalue weighted by atomic mass is 10.1. The molecule has 3 heterocycles. The molecular weight excluding hydrogens is 594 g/mol. The molecule has 0 aromatic heterocycles. The number of carbonyl (C=O) groups excluding carboxylic acids is 3. The van der Waals surface area contributed by atoms with E-state index in [2.05, 4.69) is 9.62 Å². The number of hydrogen-bond acceptors (Lipinski definition) is 7. The molecule has 0 saturated carbocycles. The summed E-state index contributed by atoms with van der Waals surface area (Å²) in [7, 11) is -0.647. The van der Waals surface area contributed by atoms with Crippen molar-refractivity contribution in [3.8, 4) is 0 Å². The van der Waals surface area contributed by atoms with Crippen LogP contribution in [0.15, 0.2) is 41.3 Å². The molecule has 3 saturated heterocycles. The molecule has 0 aliphatic carbocycles. The molecule has 3 aliphatic heterocycles. The van der Waals surface area contributed by atoms with Crippen LogP contribution >= 0.6 is 11.6 Å². The number of hydrogen-bond donors (Lipinski definition) is 1. The minimum Gasteiger partial charge on any atom is -0.375 e. The van der Waals surface area contributed by atoms with Gasteiger partial charge in [0.15, 0.2) is 0 Å². The molecule has 2 aromatic carbocycles. The highest BCUT2D eigenvalue weighted by atomic mass is 35.5. The lowest BCUT2D eigenvalue weighted by molar-refractivity contribution is -0.143. The van der Waals surface area contributed by atoms with Gasteiger partial charge in [0.2, 0.25) is 27.7 Å². The third kappa shape index (κ3) is 7.31. The molecule has 11 nitrogen and oxygen atoms in total. The molecule has 2 aromatic rings. The molecule has 1 N–H and O–H groups in total. The molecule has 0 radical (unpaired) electrons. The number of methoxy groups -OCH3 is 1. The number of fused-ring (bicyclic) bond motifs is 1. The Morgan fingerprint density at radius 2 is 1.79 bits per heavy atom. The van der Waals surface area contributed by atoms with Crippen LogP contribution in [0.3, 0.4) is 0 Å². The van der Waals surface area contributed by atoms with Gasteiger partial charge in [0, 0.05) is 64.0 Å². The molecule has 0 bridgehead atoms. The topological polar surface area (TPSA) is 120 Å². The Kier molecular flexibility index (Phi) is 9.92. The Morgan fingerprint density at radius 3 is 2.58 bits per heavy atom. The third-order valence-electron chi connectivity index (χ3n) is 8.86. The number of sulfonamides is 1. The van der Waals surface area contributed by atoms with Crippen molar-refractivity contribution in [1.82, 2.24) is 24.3 Å². The molecule has 3 aliphatic rings. The number of likely N-dealkylation sites (tertiary alicyclic amines) is 3. The normalized spacial score (nSPS) is 23.3. The Labute approximate surface area is 258 Å². The molecule has 3 fully saturated rings. The van der Waals surface area contributed by atoms with Crippen molar-refractivity contribution in [1.29, 1.82) is 0 Å². The summed E-state index contributed by atoms with van der Waals surface area (Å²) in [4.78, 5) is 46.5. The lowest BCUT2D eigenvalue weighted by Gasteiger charge is -2.35. The van der Waals surface area contributed by atoms with Crippen LogP contribution in [0.4, 0.5) is 0 Å². The van der Waals surface area contributed by atoms with Crippen LogP contribution in [0, 0.1) is 0 Å². The zero-order valence-electron chi connectivity index (χ0n) is 24.7. The summed E-state index contributed by atoms with van der Waals surface area (Å²) in [6.07, 6.45) is 3.62. The molecule has 3 unspecified atom stereocenters. The van der Waals surface area contributed by atoms with Gasteiger partial charge < -0.3 is 19.4 Å². The van der Waals surface area contributed by atoms with Crippen molar-refractivity contribution in [2.24, 2.45) is 0 Å². The van der Waals surface area contributed by atoms with Crippen LogP contribution < -0.4 is 4.72 Å². The van der Waals surface area contributed by atoms with Gasteiger partial charge in [-0.25, -0.2) is 8.42 Å². The Balaban J connectivity index is 1.17. The number of rotatable bonds is 10. The van der Waals surface area contributed by atoms with E-state index in [1.54, 1.807) is 35.2 Å². The van der Waals surface area contributed by atoms with Gasteiger partial charge in [-0.05, 0) is 67.1 Å². The first kappa shape index (κ1) is 31.6. The first-order valence-electron chi connectivity index (χ1n) is 14.8. The SMILES string of the molecule is COCC(=O)N(C)C1CCN(CC2CCCN2C(=O)CN2CCCC(NS(=O)(=O)c3ccc4cc(Cl)ccc4c3)C2=O)C1. The van der Waals surface area contributed by atoms with Gasteiger partial charge in [0.1, 0.15) is 12.6 Å². The van der Waals surface area contributed by atoms with E-state index in [9.17, 15) is 22.8 Å².